The molecule has 0 heterocycles. The molecule has 4 aromatic rings. The molecule has 7 heteroatoms. The Hall–Kier alpha value is -4.65. The molecule has 0 radical (unpaired) electrons. The third-order valence-corrected chi connectivity index (χ3v) is 8.28. The first kappa shape index (κ1) is 36.2. The monoisotopic (exact) mass is 649 g/mol. The number of carbonyl (C=O) groups is 3. The minimum Gasteiger partial charge on any atom is -0.444 e. The summed E-state index contributed by atoms with van der Waals surface area (Å²) < 4.78 is 5.59. The van der Waals surface area contributed by atoms with E-state index in [0.717, 1.165) is 54.0 Å². The number of ether oxygens (including phenoxy) is 1. The minimum absolute atomic E-state index is 0.249. The quantitative estimate of drug-likeness (QED) is 0.126. The van der Waals surface area contributed by atoms with Crippen molar-refractivity contribution in [3.63, 3.8) is 0 Å². The summed E-state index contributed by atoms with van der Waals surface area (Å²) in [7, 11) is 0. The molecule has 0 spiro atoms. The van der Waals surface area contributed by atoms with Gasteiger partial charge >= 0.3 is 6.09 Å². The van der Waals surface area contributed by atoms with Crippen LogP contribution in [-0.4, -0.2) is 41.0 Å². The number of hydrogen-bond acceptors (Lipinski definition) is 4. The SMILES string of the molecule is CCCCCCCCN(C(=O)C(Cc1ccccc1)NC(=O)OC(C)(C)C)C(C(=O)Nc1ccc2ccccc2c1)c1ccc(C)cc1. The maximum atomic E-state index is 14.8. The zero-order valence-electron chi connectivity index (χ0n) is 29.1. The third-order valence-electron chi connectivity index (χ3n) is 8.28. The van der Waals surface area contributed by atoms with Crippen LogP contribution in [0.2, 0.25) is 0 Å². The normalized spacial score (nSPS) is 12.6. The summed E-state index contributed by atoms with van der Waals surface area (Å²) in [6.45, 7) is 9.90. The lowest BCUT2D eigenvalue weighted by molar-refractivity contribution is -0.140. The lowest BCUT2D eigenvalue weighted by Crippen LogP contribution is -2.53. The van der Waals surface area contributed by atoms with Crippen molar-refractivity contribution < 1.29 is 19.1 Å². The molecule has 254 valence electrons. The first-order valence-electron chi connectivity index (χ1n) is 17.2. The molecule has 7 nitrogen and oxygen atoms in total. The molecule has 0 fully saturated rings. The second-order valence-corrected chi connectivity index (χ2v) is 13.6. The number of unbranched alkanes of at least 4 members (excludes halogenated alkanes) is 5. The van der Waals surface area contributed by atoms with E-state index in [2.05, 4.69) is 17.6 Å². The molecule has 0 aromatic heterocycles. The van der Waals surface area contributed by atoms with E-state index in [1.165, 1.54) is 6.42 Å². The zero-order chi connectivity index (χ0) is 34.5. The van der Waals surface area contributed by atoms with Crippen LogP contribution >= 0.6 is 0 Å². The second kappa shape index (κ2) is 17.5. The van der Waals surface area contributed by atoms with Crippen molar-refractivity contribution in [1.29, 1.82) is 0 Å². The highest BCUT2D eigenvalue weighted by molar-refractivity contribution is 6.00. The summed E-state index contributed by atoms with van der Waals surface area (Å²) in [4.78, 5) is 44.0. The van der Waals surface area contributed by atoms with Crippen molar-refractivity contribution in [2.75, 3.05) is 11.9 Å². The van der Waals surface area contributed by atoms with Gasteiger partial charge in [0.05, 0.1) is 0 Å². The van der Waals surface area contributed by atoms with E-state index in [0.29, 0.717) is 17.8 Å². The molecule has 2 N–H and O–H groups in total. The fourth-order valence-electron chi connectivity index (χ4n) is 5.83. The number of amides is 3. The van der Waals surface area contributed by atoms with E-state index in [1.54, 1.807) is 25.7 Å². The Kier molecular flexibility index (Phi) is 13.2. The number of nitrogens with one attached hydrogen (secondary N) is 2. The number of aryl methyl sites for hydroxylation is 1. The van der Waals surface area contributed by atoms with Crippen LogP contribution in [0.1, 0.15) is 89.0 Å². The maximum absolute atomic E-state index is 14.8. The highest BCUT2D eigenvalue weighted by atomic mass is 16.6. The molecule has 48 heavy (non-hydrogen) atoms. The molecule has 2 unspecified atom stereocenters. The van der Waals surface area contributed by atoms with Crippen LogP contribution in [0.5, 0.6) is 0 Å². The zero-order valence-corrected chi connectivity index (χ0v) is 29.1. The van der Waals surface area contributed by atoms with Crippen molar-refractivity contribution in [2.45, 2.75) is 97.2 Å². The summed E-state index contributed by atoms with van der Waals surface area (Å²) in [5.74, 6) is -0.651. The van der Waals surface area contributed by atoms with E-state index in [4.69, 9.17) is 4.74 Å². The summed E-state index contributed by atoms with van der Waals surface area (Å²) in [5, 5.41) is 8.06. The molecule has 0 aliphatic heterocycles. The lowest BCUT2D eigenvalue weighted by atomic mass is 9.98. The molecule has 2 atom stereocenters. The van der Waals surface area contributed by atoms with Crippen LogP contribution in [0.3, 0.4) is 0 Å². The molecule has 0 bridgehead atoms. The highest BCUT2D eigenvalue weighted by Crippen LogP contribution is 2.27. The van der Waals surface area contributed by atoms with Gasteiger partial charge in [-0.1, -0.05) is 130 Å². The maximum Gasteiger partial charge on any atom is 0.408 e. The summed E-state index contributed by atoms with van der Waals surface area (Å²) in [6, 6.07) is 29.2. The number of benzene rings is 4. The van der Waals surface area contributed by atoms with Gasteiger partial charge in [-0.05, 0) is 68.1 Å². The minimum atomic E-state index is -0.955. The molecule has 0 aliphatic carbocycles. The lowest BCUT2D eigenvalue weighted by Gasteiger charge is -2.35. The molecule has 0 aliphatic rings. The number of nitrogens with zero attached hydrogens (tertiary/aromatic N) is 1. The van der Waals surface area contributed by atoms with Gasteiger partial charge in [0, 0.05) is 18.7 Å². The Morgan fingerprint density at radius 3 is 2.10 bits per heavy atom. The van der Waals surface area contributed by atoms with Gasteiger partial charge in [-0.2, -0.15) is 0 Å². The third kappa shape index (κ3) is 11.0. The molecular weight excluding hydrogens is 598 g/mol. The van der Waals surface area contributed by atoms with Crippen LogP contribution < -0.4 is 10.6 Å². The van der Waals surface area contributed by atoms with Gasteiger partial charge in [-0.25, -0.2) is 4.79 Å². The summed E-state index contributed by atoms with van der Waals surface area (Å²) in [6.07, 6.45) is 5.73. The first-order valence-corrected chi connectivity index (χ1v) is 17.2. The smallest absolute Gasteiger partial charge is 0.408 e. The molecular formula is C41H51N3O4. The van der Waals surface area contributed by atoms with Crippen molar-refractivity contribution in [2.24, 2.45) is 0 Å². The largest absolute Gasteiger partial charge is 0.444 e. The van der Waals surface area contributed by atoms with E-state index >= 15 is 0 Å². The molecule has 0 saturated heterocycles. The number of fused-ring (bicyclic) bond motifs is 1. The summed E-state index contributed by atoms with van der Waals surface area (Å²) >= 11 is 0. The molecule has 3 amide bonds. The number of hydrogen-bond donors (Lipinski definition) is 2. The number of alkyl carbamates (subject to hydrolysis) is 1. The van der Waals surface area contributed by atoms with Crippen LogP contribution in [0.15, 0.2) is 97.1 Å². The highest BCUT2D eigenvalue weighted by Gasteiger charge is 2.36. The fraction of sp³-hybridized carbons (Fsp3) is 0.390. The average Bonchev–Trinajstić information content (AvgIpc) is 3.05. The Balaban J connectivity index is 1.72. The molecule has 4 aromatic carbocycles. The van der Waals surface area contributed by atoms with Crippen LogP contribution in [0.25, 0.3) is 10.8 Å². The van der Waals surface area contributed by atoms with Gasteiger partial charge in [0.2, 0.25) is 5.91 Å². The van der Waals surface area contributed by atoms with Crippen LogP contribution in [-0.2, 0) is 20.7 Å². The number of anilines is 1. The Labute approximate surface area is 286 Å². The fourth-order valence-corrected chi connectivity index (χ4v) is 5.83. The van der Waals surface area contributed by atoms with Gasteiger partial charge in [0.1, 0.15) is 17.7 Å². The standard InChI is InChI=1S/C41H51N3O4/c1-6-7-8-9-10-16-27-44(39(46)36(28-31-17-12-11-13-18-31)43-40(47)48-41(3,4)5)37(33-23-21-30(2)22-24-33)38(45)42-35-26-25-32-19-14-15-20-34(32)29-35/h11-15,17-26,29,36-37H,6-10,16,27-28H2,1-5H3,(H,42,45)(H,43,47). The van der Waals surface area contributed by atoms with Crippen LogP contribution in [0, 0.1) is 6.92 Å². The van der Waals surface area contributed by atoms with Gasteiger partial charge in [-0.3, -0.25) is 9.59 Å². The topological polar surface area (TPSA) is 87.7 Å². The van der Waals surface area contributed by atoms with Gasteiger partial charge in [0.25, 0.3) is 5.91 Å². The predicted molar refractivity (Wildman–Crippen MR) is 195 cm³/mol. The van der Waals surface area contributed by atoms with Gasteiger partial charge in [-0.15, -0.1) is 0 Å². The number of rotatable bonds is 15. The number of carbonyl (C=O) groups excluding carboxylic acids is 3. The Bertz CT molecular complexity index is 1630. The van der Waals surface area contributed by atoms with Crippen LogP contribution in [0.4, 0.5) is 10.5 Å². The van der Waals surface area contributed by atoms with Gasteiger partial charge in [0.15, 0.2) is 0 Å². The molecule has 0 saturated carbocycles. The predicted octanol–water partition coefficient (Wildman–Crippen LogP) is 9.15. The Morgan fingerprint density at radius 1 is 0.771 bits per heavy atom. The first-order chi connectivity index (χ1) is 23.0. The van der Waals surface area contributed by atoms with Crippen molar-refractivity contribution in [3.8, 4) is 0 Å². The van der Waals surface area contributed by atoms with Crippen molar-refractivity contribution >= 4 is 34.4 Å². The van der Waals surface area contributed by atoms with E-state index in [9.17, 15) is 14.4 Å². The van der Waals surface area contributed by atoms with Gasteiger partial charge < -0.3 is 20.3 Å². The summed E-state index contributed by atoms with van der Waals surface area (Å²) in [5.41, 5.74) is 2.55. The van der Waals surface area contributed by atoms with E-state index in [1.807, 2.05) is 104 Å². The Morgan fingerprint density at radius 2 is 1.42 bits per heavy atom. The second-order valence-electron chi connectivity index (χ2n) is 13.6. The van der Waals surface area contributed by atoms with Crippen molar-refractivity contribution in [1.82, 2.24) is 10.2 Å². The van der Waals surface area contributed by atoms with E-state index in [-0.39, 0.29) is 18.2 Å². The molecule has 4 rings (SSSR count). The average molecular weight is 650 g/mol. The van der Waals surface area contributed by atoms with E-state index < -0.39 is 23.8 Å². The van der Waals surface area contributed by atoms with Crippen molar-refractivity contribution in [3.05, 3.63) is 114 Å².